The van der Waals surface area contributed by atoms with E-state index in [1.54, 1.807) is 0 Å². The molecule has 0 aromatic rings. The first-order valence-electron chi connectivity index (χ1n) is 4.47. The summed E-state index contributed by atoms with van der Waals surface area (Å²) in [6.07, 6.45) is 3.96. The number of hydrogen-bond acceptors (Lipinski definition) is 1. The molecule has 0 radical (unpaired) electrons. The predicted molar refractivity (Wildman–Crippen MR) is 45.7 cm³/mol. The largest absolute Gasteiger partial charge is 0.478 e. The molecule has 0 spiro atoms. The highest BCUT2D eigenvalue weighted by Crippen LogP contribution is 2.59. The zero-order valence-electron chi connectivity index (χ0n) is 7.50. The third-order valence-corrected chi connectivity index (χ3v) is 3.72. The van der Waals surface area contributed by atoms with Crippen molar-refractivity contribution in [3.05, 3.63) is 11.6 Å². The second-order valence-corrected chi connectivity index (χ2v) is 4.51. The Kier molecular flexibility index (Phi) is 1.39. The van der Waals surface area contributed by atoms with Crippen LogP contribution in [-0.2, 0) is 4.79 Å². The monoisotopic (exact) mass is 166 g/mol. The smallest absolute Gasteiger partial charge is 0.331 e. The van der Waals surface area contributed by atoms with Gasteiger partial charge in [-0.15, -0.1) is 0 Å². The van der Waals surface area contributed by atoms with Crippen LogP contribution in [0.4, 0.5) is 0 Å². The predicted octanol–water partition coefficient (Wildman–Crippen LogP) is 2.06. The van der Waals surface area contributed by atoms with Crippen LogP contribution < -0.4 is 0 Å². The van der Waals surface area contributed by atoms with Crippen LogP contribution in [0.3, 0.4) is 0 Å². The first-order valence-corrected chi connectivity index (χ1v) is 4.47. The number of carbonyl (C=O) groups is 1. The van der Waals surface area contributed by atoms with Crippen molar-refractivity contribution < 1.29 is 9.90 Å². The molecule has 0 heterocycles. The molecule has 0 aromatic carbocycles. The highest BCUT2D eigenvalue weighted by atomic mass is 16.4. The Bertz CT molecular complexity index is 263. The number of carboxylic acid groups (broad SMARTS) is 1. The lowest BCUT2D eigenvalue weighted by Gasteiger charge is -2.55. The van der Waals surface area contributed by atoms with Gasteiger partial charge in [-0.1, -0.05) is 19.9 Å². The fourth-order valence-corrected chi connectivity index (χ4v) is 2.59. The summed E-state index contributed by atoms with van der Waals surface area (Å²) in [6.45, 7) is 4.36. The molecule has 2 heteroatoms. The summed E-state index contributed by atoms with van der Waals surface area (Å²) in [7, 11) is 0. The molecule has 0 aliphatic heterocycles. The lowest BCUT2D eigenvalue weighted by Crippen LogP contribution is -2.49. The molecule has 1 saturated carbocycles. The van der Waals surface area contributed by atoms with Crippen molar-refractivity contribution in [1.29, 1.82) is 0 Å². The Morgan fingerprint density at radius 3 is 2.67 bits per heavy atom. The van der Waals surface area contributed by atoms with Crippen LogP contribution in [0.5, 0.6) is 0 Å². The SMILES string of the molecule is CC1(C)[C@@H]2CC=C(C(=O)O)[C@@H]1C2. The van der Waals surface area contributed by atoms with Crippen molar-refractivity contribution >= 4 is 5.97 Å². The number of fused-ring (bicyclic) bond motifs is 1. The van der Waals surface area contributed by atoms with E-state index in [4.69, 9.17) is 5.11 Å². The van der Waals surface area contributed by atoms with E-state index in [0.717, 1.165) is 18.8 Å². The fourth-order valence-electron chi connectivity index (χ4n) is 2.59. The van der Waals surface area contributed by atoms with E-state index in [1.807, 2.05) is 6.08 Å². The second kappa shape index (κ2) is 2.12. The van der Waals surface area contributed by atoms with Crippen molar-refractivity contribution in [3.8, 4) is 0 Å². The number of rotatable bonds is 1. The summed E-state index contributed by atoms with van der Waals surface area (Å²) in [5.41, 5.74) is 0.894. The summed E-state index contributed by atoms with van der Waals surface area (Å²) in [5.74, 6) is 0.325. The van der Waals surface area contributed by atoms with Crippen molar-refractivity contribution in [1.82, 2.24) is 0 Å². The van der Waals surface area contributed by atoms with Crippen LogP contribution in [-0.4, -0.2) is 11.1 Å². The van der Waals surface area contributed by atoms with Gasteiger partial charge in [-0.2, -0.15) is 0 Å². The molecule has 3 aliphatic carbocycles. The van der Waals surface area contributed by atoms with Crippen LogP contribution in [0.1, 0.15) is 26.7 Å². The van der Waals surface area contributed by atoms with Gasteiger partial charge in [0.15, 0.2) is 0 Å². The molecule has 12 heavy (non-hydrogen) atoms. The zero-order valence-corrected chi connectivity index (χ0v) is 7.50. The number of carboxylic acids is 1. The zero-order chi connectivity index (χ0) is 8.93. The molecule has 3 rings (SSSR count). The number of aliphatic carboxylic acids is 1. The van der Waals surface area contributed by atoms with E-state index in [-0.39, 0.29) is 5.41 Å². The van der Waals surface area contributed by atoms with Gasteiger partial charge >= 0.3 is 5.97 Å². The van der Waals surface area contributed by atoms with Crippen molar-refractivity contribution in [2.24, 2.45) is 17.3 Å². The van der Waals surface area contributed by atoms with Gasteiger partial charge in [0.1, 0.15) is 0 Å². The molecule has 3 aliphatic rings. The maximum atomic E-state index is 10.8. The third-order valence-electron chi connectivity index (χ3n) is 3.72. The lowest BCUT2D eigenvalue weighted by molar-refractivity contribution is -0.136. The van der Waals surface area contributed by atoms with Crippen LogP contribution in [0.25, 0.3) is 0 Å². The maximum Gasteiger partial charge on any atom is 0.331 e. The van der Waals surface area contributed by atoms with E-state index in [1.165, 1.54) is 0 Å². The van der Waals surface area contributed by atoms with Gasteiger partial charge in [0, 0.05) is 5.57 Å². The van der Waals surface area contributed by atoms with Gasteiger partial charge < -0.3 is 5.11 Å². The highest BCUT2D eigenvalue weighted by molar-refractivity contribution is 5.88. The average Bonchev–Trinajstić information content (AvgIpc) is 2.04. The Morgan fingerprint density at radius 2 is 2.33 bits per heavy atom. The maximum absolute atomic E-state index is 10.8. The highest BCUT2D eigenvalue weighted by Gasteiger charge is 2.52. The van der Waals surface area contributed by atoms with Crippen molar-refractivity contribution in [2.75, 3.05) is 0 Å². The van der Waals surface area contributed by atoms with Gasteiger partial charge in [-0.05, 0) is 30.1 Å². The average molecular weight is 166 g/mol. The molecule has 66 valence electrons. The summed E-state index contributed by atoms with van der Waals surface area (Å²) in [5, 5.41) is 8.90. The van der Waals surface area contributed by atoms with Gasteiger partial charge in [0.05, 0.1) is 0 Å². The second-order valence-electron chi connectivity index (χ2n) is 4.51. The Hall–Kier alpha value is -0.790. The standard InChI is InChI=1S/C10H14O2/c1-10(2)6-3-4-7(9(11)12)8(10)5-6/h4,6,8H,3,5H2,1-2H3,(H,11,12)/t6-,8+/m1/s1. The summed E-state index contributed by atoms with van der Waals surface area (Å²) < 4.78 is 0. The van der Waals surface area contributed by atoms with Gasteiger partial charge in [-0.3, -0.25) is 0 Å². The van der Waals surface area contributed by atoms with Gasteiger partial charge in [0.25, 0.3) is 0 Å². The van der Waals surface area contributed by atoms with E-state index < -0.39 is 5.97 Å². The van der Waals surface area contributed by atoms with Crippen LogP contribution >= 0.6 is 0 Å². The minimum absolute atomic E-state index is 0.239. The molecular weight excluding hydrogens is 152 g/mol. The Balaban J connectivity index is 2.30. The molecule has 0 saturated heterocycles. The van der Waals surface area contributed by atoms with Crippen molar-refractivity contribution in [3.63, 3.8) is 0 Å². The van der Waals surface area contributed by atoms with Gasteiger partial charge in [-0.25, -0.2) is 4.79 Å². The van der Waals surface area contributed by atoms with Crippen LogP contribution in [0, 0.1) is 17.3 Å². The molecule has 2 bridgehead atoms. The Labute approximate surface area is 72.3 Å². The molecule has 0 aromatic heterocycles. The van der Waals surface area contributed by atoms with Gasteiger partial charge in [0.2, 0.25) is 0 Å². The van der Waals surface area contributed by atoms with E-state index in [9.17, 15) is 4.79 Å². The van der Waals surface area contributed by atoms with Crippen LogP contribution in [0.2, 0.25) is 0 Å². The normalized spacial score (nSPS) is 36.7. The molecule has 2 atom stereocenters. The first-order chi connectivity index (χ1) is 5.53. The fraction of sp³-hybridized carbons (Fsp3) is 0.700. The summed E-state index contributed by atoms with van der Waals surface area (Å²) in [6, 6.07) is 0. The quantitative estimate of drug-likeness (QED) is 0.647. The molecule has 2 nitrogen and oxygen atoms in total. The minimum atomic E-state index is -0.716. The number of hydrogen-bond donors (Lipinski definition) is 1. The first kappa shape index (κ1) is 7.84. The minimum Gasteiger partial charge on any atom is -0.478 e. The molecule has 0 unspecified atom stereocenters. The summed E-state index contributed by atoms with van der Waals surface area (Å²) in [4.78, 5) is 10.8. The molecular formula is C10H14O2. The van der Waals surface area contributed by atoms with Crippen molar-refractivity contribution in [2.45, 2.75) is 26.7 Å². The van der Waals surface area contributed by atoms with E-state index in [2.05, 4.69) is 13.8 Å². The number of allylic oxidation sites excluding steroid dienone is 1. The topological polar surface area (TPSA) is 37.3 Å². The summed E-state index contributed by atoms with van der Waals surface area (Å²) >= 11 is 0. The van der Waals surface area contributed by atoms with E-state index >= 15 is 0 Å². The van der Waals surface area contributed by atoms with Crippen LogP contribution in [0.15, 0.2) is 11.6 Å². The molecule has 0 amide bonds. The van der Waals surface area contributed by atoms with E-state index in [0.29, 0.717) is 11.5 Å². The third kappa shape index (κ3) is 0.780. The molecule has 1 fully saturated rings. The molecule has 1 N–H and O–H groups in total. The Morgan fingerprint density at radius 1 is 1.67 bits per heavy atom. The lowest BCUT2D eigenvalue weighted by atomic mass is 9.49.